The van der Waals surface area contributed by atoms with Crippen LogP contribution in [0.4, 0.5) is 4.39 Å². The zero-order chi connectivity index (χ0) is 12.2. The molecule has 90 valence electrons. The topological polar surface area (TPSA) is 21.3 Å². The molecular weight excluding hydrogens is 205 g/mol. The Morgan fingerprint density at radius 2 is 2.06 bits per heavy atom. The largest absolute Gasteiger partial charge is 0.296 e. The molecule has 1 unspecified atom stereocenters. The monoisotopic (exact) mass is 225 g/mol. The number of hydrogen-bond acceptors (Lipinski definition) is 2. The highest BCUT2D eigenvalue weighted by atomic mass is 19.1. The molecular formula is C13H20FNO. The van der Waals surface area contributed by atoms with Crippen LogP contribution in [-0.4, -0.2) is 11.6 Å². The van der Waals surface area contributed by atoms with Gasteiger partial charge in [-0.25, -0.2) is 4.39 Å². The van der Waals surface area contributed by atoms with Crippen molar-refractivity contribution in [1.29, 1.82) is 0 Å². The number of benzene rings is 1. The van der Waals surface area contributed by atoms with Crippen molar-refractivity contribution in [2.45, 2.75) is 45.8 Å². The maximum absolute atomic E-state index is 12.9. The molecule has 0 heterocycles. The fourth-order valence-corrected chi connectivity index (χ4v) is 1.34. The fourth-order valence-electron chi connectivity index (χ4n) is 1.34. The highest BCUT2D eigenvalue weighted by Crippen LogP contribution is 2.08. The molecule has 2 nitrogen and oxygen atoms in total. The van der Waals surface area contributed by atoms with E-state index in [2.05, 4.69) is 5.48 Å². The van der Waals surface area contributed by atoms with Crippen LogP contribution in [-0.2, 0) is 11.3 Å². The summed E-state index contributed by atoms with van der Waals surface area (Å²) in [7, 11) is 0. The van der Waals surface area contributed by atoms with Crippen molar-refractivity contribution in [1.82, 2.24) is 5.48 Å². The number of hydrogen-bond donors (Lipinski definition) is 1. The summed E-state index contributed by atoms with van der Waals surface area (Å²) in [6.07, 6.45) is 0.744. The summed E-state index contributed by atoms with van der Waals surface area (Å²) < 4.78 is 12.9. The van der Waals surface area contributed by atoms with E-state index < -0.39 is 0 Å². The lowest BCUT2D eigenvalue weighted by molar-refractivity contribution is -0.0857. The maximum Gasteiger partial charge on any atom is 0.123 e. The van der Waals surface area contributed by atoms with Gasteiger partial charge in [0.2, 0.25) is 0 Å². The standard InChI is InChI=1S/C13H20FNO/c1-10(15-16-13(2,3)4)8-11-6-5-7-12(14)9-11/h5-7,9-10,15H,8H2,1-4H3. The minimum atomic E-state index is -0.212. The number of hydroxylamine groups is 1. The molecule has 0 amide bonds. The van der Waals surface area contributed by atoms with Crippen LogP contribution in [0.5, 0.6) is 0 Å². The zero-order valence-corrected chi connectivity index (χ0v) is 10.4. The third kappa shape index (κ3) is 5.24. The van der Waals surface area contributed by atoms with Crippen LogP contribution in [0, 0.1) is 5.82 Å². The van der Waals surface area contributed by atoms with Crippen LogP contribution in [0.3, 0.4) is 0 Å². The van der Waals surface area contributed by atoms with Gasteiger partial charge in [0.1, 0.15) is 5.82 Å². The predicted molar refractivity (Wildman–Crippen MR) is 63.5 cm³/mol. The summed E-state index contributed by atoms with van der Waals surface area (Å²) in [5.41, 5.74) is 3.73. The lowest BCUT2D eigenvalue weighted by Gasteiger charge is -2.23. The second-order valence-corrected chi connectivity index (χ2v) is 5.07. The predicted octanol–water partition coefficient (Wildman–Crippen LogP) is 3.08. The van der Waals surface area contributed by atoms with Gasteiger partial charge in [-0.2, -0.15) is 5.48 Å². The average molecular weight is 225 g/mol. The van der Waals surface area contributed by atoms with Gasteiger partial charge in [0.25, 0.3) is 0 Å². The third-order valence-corrected chi connectivity index (χ3v) is 2.00. The van der Waals surface area contributed by atoms with E-state index in [1.165, 1.54) is 6.07 Å². The molecule has 1 N–H and O–H groups in total. The van der Waals surface area contributed by atoms with E-state index in [1.807, 2.05) is 33.8 Å². The van der Waals surface area contributed by atoms with Crippen LogP contribution >= 0.6 is 0 Å². The van der Waals surface area contributed by atoms with E-state index in [0.29, 0.717) is 0 Å². The summed E-state index contributed by atoms with van der Waals surface area (Å²) in [4.78, 5) is 5.45. The first kappa shape index (κ1) is 13.1. The van der Waals surface area contributed by atoms with Crippen molar-refractivity contribution >= 4 is 0 Å². The summed E-state index contributed by atoms with van der Waals surface area (Å²) in [6, 6.07) is 6.80. The molecule has 0 aliphatic heterocycles. The SMILES string of the molecule is CC(Cc1cccc(F)c1)NOC(C)(C)C. The quantitative estimate of drug-likeness (QED) is 0.795. The van der Waals surface area contributed by atoms with Crippen molar-refractivity contribution in [3.8, 4) is 0 Å². The minimum Gasteiger partial charge on any atom is -0.296 e. The minimum absolute atomic E-state index is 0.154. The molecule has 1 aromatic carbocycles. The molecule has 1 rings (SSSR count). The van der Waals surface area contributed by atoms with E-state index in [1.54, 1.807) is 12.1 Å². The Labute approximate surface area is 96.8 Å². The van der Waals surface area contributed by atoms with Gasteiger partial charge in [-0.15, -0.1) is 0 Å². The van der Waals surface area contributed by atoms with Crippen LogP contribution < -0.4 is 5.48 Å². The molecule has 0 aromatic heterocycles. The van der Waals surface area contributed by atoms with Crippen LogP contribution in [0.15, 0.2) is 24.3 Å². The second-order valence-electron chi connectivity index (χ2n) is 5.07. The highest BCUT2D eigenvalue weighted by molar-refractivity contribution is 5.17. The number of rotatable bonds is 4. The van der Waals surface area contributed by atoms with E-state index in [-0.39, 0.29) is 17.5 Å². The van der Waals surface area contributed by atoms with Crippen LogP contribution in [0.1, 0.15) is 33.3 Å². The average Bonchev–Trinajstić information content (AvgIpc) is 2.14. The Hall–Kier alpha value is -0.930. The van der Waals surface area contributed by atoms with Crippen molar-refractivity contribution in [3.63, 3.8) is 0 Å². The van der Waals surface area contributed by atoms with E-state index >= 15 is 0 Å². The van der Waals surface area contributed by atoms with Gasteiger partial charge < -0.3 is 0 Å². The Morgan fingerprint density at radius 3 is 2.62 bits per heavy atom. The summed E-state index contributed by atoms with van der Waals surface area (Å²) in [5.74, 6) is -0.193. The van der Waals surface area contributed by atoms with E-state index in [4.69, 9.17) is 4.84 Å². The Bertz CT molecular complexity index is 333. The Balaban J connectivity index is 2.43. The molecule has 1 atom stereocenters. The van der Waals surface area contributed by atoms with Crippen molar-refractivity contribution < 1.29 is 9.23 Å². The van der Waals surface area contributed by atoms with Crippen molar-refractivity contribution in [2.75, 3.05) is 0 Å². The molecule has 0 aliphatic rings. The molecule has 0 bridgehead atoms. The van der Waals surface area contributed by atoms with Gasteiger partial charge in [0, 0.05) is 6.04 Å². The van der Waals surface area contributed by atoms with Crippen molar-refractivity contribution in [2.24, 2.45) is 0 Å². The van der Waals surface area contributed by atoms with Gasteiger partial charge >= 0.3 is 0 Å². The lowest BCUT2D eigenvalue weighted by Crippen LogP contribution is -2.36. The van der Waals surface area contributed by atoms with Gasteiger partial charge in [-0.1, -0.05) is 12.1 Å². The molecule has 0 fully saturated rings. The molecule has 1 aromatic rings. The molecule has 0 aliphatic carbocycles. The molecule has 0 saturated carbocycles. The molecule has 0 spiro atoms. The first-order chi connectivity index (χ1) is 7.37. The van der Waals surface area contributed by atoms with Gasteiger partial charge in [-0.05, 0) is 51.8 Å². The number of nitrogens with one attached hydrogen (secondary N) is 1. The second kappa shape index (κ2) is 5.41. The molecule has 0 saturated heterocycles. The summed E-state index contributed by atoms with van der Waals surface area (Å²) in [5, 5.41) is 0. The van der Waals surface area contributed by atoms with Gasteiger partial charge in [-0.3, -0.25) is 4.84 Å². The highest BCUT2D eigenvalue weighted by Gasteiger charge is 2.12. The summed E-state index contributed by atoms with van der Waals surface area (Å²) in [6.45, 7) is 7.95. The zero-order valence-electron chi connectivity index (χ0n) is 10.4. The van der Waals surface area contributed by atoms with Crippen molar-refractivity contribution in [3.05, 3.63) is 35.6 Å². The van der Waals surface area contributed by atoms with E-state index in [9.17, 15) is 4.39 Å². The van der Waals surface area contributed by atoms with Gasteiger partial charge in [0.05, 0.1) is 5.60 Å². The fraction of sp³-hybridized carbons (Fsp3) is 0.538. The smallest absolute Gasteiger partial charge is 0.123 e. The Morgan fingerprint density at radius 1 is 1.38 bits per heavy atom. The molecule has 0 radical (unpaired) electrons. The third-order valence-electron chi connectivity index (χ3n) is 2.00. The Kier molecular flexibility index (Phi) is 4.44. The van der Waals surface area contributed by atoms with Crippen LogP contribution in [0.25, 0.3) is 0 Å². The summed E-state index contributed by atoms with van der Waals surface area (Å²) >= 11 is 0. The maximum atomic E-state index is 12.9. The van der Waals surface area contributed by atoms with E-state index in [0.717, 1.165) is 12.0 Å². The molecule has 3 heteroatoms. The first-order valence-electron chi connectivity index (χ1n) is 5.55. The normalized spacial score (nSPS) is 13.8. The van der Waals surface area contributed by atoms with Gasteiger partial charge in [0.15, 0.2) is 0 Å². The number of halogens is 1. The molecule has 16 heavy (non-hydrogen) atoms. The first-order valence-corrected chi connectivity index (χ1v) is 5.55. The lowest BCUT2D eigenvalue weighted by atomic mass is 10.1. The van der Waals surface area contributed by atoms with Crippen LogP contribution in [0.2, 0.25) is 0 Å².